The Labute approximate surface area is 90.5 Å². The number of hydrogen-bond acceptors (Lipinski definition) is 3. The fraction of sp³-hybridized carbons (Fsp3) is 0.500. The van der Waals surface area contributed by atoms with Gasteiger partial charge < -0.3 is 15.7 Å². The first-order valence-corrected chi connectivity index (χ1v) is 5.46. The van der Waals surface area contributed by atoms with E-state index < -0.39 is 0 Å². The standard InChI is InChI=1S/C12H18N2O/c1-9-4-2-6-11(12(9)13)14-7-3-5-10(15)8-14/h2,4,6,10,15H,3,5,7-8,13H2,1H3. The number of rotatable bonds is 1. The number of anilines is 2. The number of para-hydroxylation sites is 1. The number of hydrogen-bond donors (Lipinski definition) is 2. The Hall–Kier alpha value is -1.22. The van der Waals surface area contributed by atoms with Gasteiger partial charge >= 0.3 is 0 Å². The van der Waals surface area contributed by atoms with Crippen molar-refractivity contribution in [3.63, 3.8) is 0 Å². The first-order chi connectivity index (χ1) is 7.18. The number of nitrogen functional groups attached to an aromatic ring is 1. The number of aliphatic hydroxyl groups is 1. The Balaban J connectivity index is 2.24. The molecule has 0 saturated carbocycles. The zero-order valence-corrected chi connectivity index (χ0v) is 9.11. The number of β-amino-alcohol motifs (C(OH)–C–C–N with tert-alkyl or cyclic N) is 1. The second-order valence-corrected chi connectivity index (χ2v) is 4.25. The fourth-order valence-corrected chi connectivity index (χ4v) is 2.11. The van der Waals surface area contributed by atoms with Crippen molar-refractivity contribution in [3.8, 4) is 0 Å². The van der Waals surface area contributed by atoms with Crippen LogP contribution in [0.2, 0.25) is 0 Å². The highest BCUT2D eigenvalue weighted by Gasteiger charge is 2.19. The monoisotopic (exact) mass is 206 g/mol. The van der Waals surface area contributed by atoms with Crippen LogP contribution in [0, 0.1) is 6.92 Å². The molecule has 2 rings (SSSR count). The summed E-state index contributed by atoms with van der Waals surface area (Å²) in [6.07, 6.45) is 1.73. The molecular formula is C12H18N2O. The maximum atomic E-state index is 9.62. The van der Waals surface area contributed by atoms with Crippen molar-refractivity contribution < 1.29 is 5.11 Å². The van der Waals surface area contributed by atoms with Crippen LogP contribution in [0.5, 0.6) is 0 Å². The van der Waals surface area contributed by atoms with E-state index in [2.05, 4.69) is 4.90 Å². The van der Waals surface area contributed by atoms with Gasteiger partial charge in [0, 0.05) is 13.1 Å². The van der Waals surface area contributed by atoms with Gasteiger partial charge in [0.1, 0.15) is 0 Å². The van der Waals surface area contributed by atoms with Crippen molar-refractivity contribution in [2.75, 3.05) is 23.7 Å². The third-order valence-corrected chi connectivity index (χ3v) is 3.04. The second kappa shape index (κ2) is 4.11. The molecule has 82 valence electrons. The van der Waals surface area contributed by atoms with Gasteiger partial charge in [-0.25, -0.2) is 0 Å². The van der Waals surface area contributed by atoms with E-state index in [-0.39, 0.29) is 6.10 Å². The number of aryl methyl sites for hydroxylation is 1. The van der Waals surface area contributed by atoms with Crippen molar-refractivity contribution >= 4 is 11.4 Å². The fourth-order valence-electron chi connectivity index (χ4n) is 2.11. The summed E-state index contributed by atoms with van der Waals surface area (Å²) in [5.74, 6) is 0. The molecule has 1 saturated heterocycles. The maximum Gasteiger partial charge on any atom is 0.0715 e. The molecule has 1 aliphatic heterocycles. The predicted octanol–water partition coefficient (Wildman–Crippen LogP) is 1.54. The molecule has 1 fully saturated rings. The van der Waals surface area contributed by atoms with Crippen molar-refractivity contribution in [2.45, 2.75) is 25.9 Å². The molecule has 1 aromatic carbocycles. The lowest BCUT2D eigenvalue weighted by molar-refractivity contribution is 0.154. The van der Waals surface area contributed by atoms with Gasteiger partial charge in [-0.2, -0.15) is 0 Å². The van der Waals surface area contributed by atoms with Gasteiger partial charge in [-0.3, -0.25) is 0 Å². The summed E-state index contributed by atoms with van der Waals surface area (Å²) >= 11 is 0. The molecule has 1 atom stereocenters. The number of benzene rings is 1. The zero-order chi connectivity index (χ0) is 10.8. The highest BCUT2D eigenvalue weighted by Crippen LogP contribution is 2.28. The lowest BCUT2D eigenvalue weighted by Crippen LogP contribution is -2.38. The number of piperidine rings is 1. The van der Waals surface area contributed by atoms with Crippen LogP contribution in [0.1, 0.15) is 18.4 Å². The summed E-state index contributed by atoms with van der Waals surface area (Å²) in [4.78, 5) is 2.18. The van der Waals surface area contributed by atoms with E-state index in [1.54, 1.807) is 0 Å². The van der Waals surface area contributed by atoms with E-state index in [1.807, 2.05) is 25.1 Å². The van der Waals surface area contributed by atoms with E-state index in [0.29, 0.717) is 6.54 Å². The Morgan fingerprint density at radius 3 is 3.00 bits per heavy atom. The molecule has 3 nitrogen and oxygen atoms in total. The first-order valence-electron chi connectivity index (χ1n) is 5.46. The molecule has 0 bridgehead atoms. The minimum atomic E-state index is -0.210. The molecule has 1 heterocycles. The van der Waals surface area contributed by atoms with E-state index in [0.717, 1.165) is 36.3 Å². The lowest BCUT2D eigenvalue weighted by Gasteiger charge is -2.33. The van der Waals surface area contributed by atoms with Crippen molar-refractivity contribution in [1.82, 2.24) is 0 Å². The van der Waals surface area contributed by atoms with Gasteiger partial charge in [-0.1, -0.05) is 12.1 Å². The molecular weight excluding hydrogens is 188 g/mol. The largest absolute Gasteiger partial charge is 0.397 e. The van der Waals surface area contributed by atoms with Crippen molar-refractivity contribution in [1.29, 1.82) is 0 Å². The minimum absolute atomic E-state index is 0.210. The second-order valence-electron chi connectivity index (χ2n) is 4.25. The lowest BCUT2D eigenvalue weighted by atomic mass is 10.1. The summed E-state index contributed by atoms with van der Waals surface area (Å²) in [6, 6.07) is 6.06. The van der Waals surface area contributed by atoms with Gasteiger partial charge in [0.2, 0.25) is 0 Å². The van der Waals surface area contributed by atoms with Crippen LogP contribution in [-0.4, -0.2) is 24.3 Å². The predicted molar refractivity (Wildman–Crippen MR) is 63.0 cm³/mol. The minimum Gasteiger partial charge on any atom is -0.397 e. The average molecular weight is 206 g/mol. The molecule has 1 aromatic rings. The number of nitrogens with two attached hydrogens (primary N) is 1. The van der Waals surface area contributed by atoms with E-state index >= 15 is 0 Å². The first kappa shape index (κ1) is 10.3. The van der Waals surface area contributed by atoms with Crippen LogP contribution >= 0.6 is 0 Å². The molecule has 0 aromatic heterocycles. The zero-order valence-electron chi connectivity index (χ0n) is 9.11. The van der Waals surface area contributed by atoms with Gasteiger partial charge in [0.05, 0.1) is 17.5 Å². The average Bonchev–Trinajstić information content (AvgIpc) is 2.22. The summed E-state index contributed by atoms with van der Waals surface area (Å²) in [6.45, 7) is 3.71. The molecule has 3 N–H and O–H groups in total. The molecule has 0 radical (unpaired) electrons. The number of nitrogens with zero attached hydrogens (tertiary/aromatic N) is 1. The van der Waals surface area contributed by atoms with Gasteiger partial charge in [-0.15, -0.1) is 0 Å². The number of aliphatic hydroxyl groups excluding tert-OH is 1. The summed E-state index contributed by atoms with van der Waals surface area (Å²) in [5.41, 5.74) is 9.04. The van der Waals surface area contributed by atoms with E-state index in [9.17, 15) is 5.11 Å². The maximum absolute atomic E-state index is 9.62. The van der Waals surface area contributed by atoms with Crippen LogP contribution in [0.4, 0.5) is 11.4 Å². The third kappa shape index (κ3) is 2.07. The molecule has 0 aliphatic carbocycles. The molecule has 3 heteroatoms. The third-order valence-electron chi connectivity index (χ3n) is 3.04. The van der Waals surface area contributed by atoms with Crippen LogP contribution < -0.4 is 10.6 Å². The molecule has 1 unspecified atom stereocenters. The molecule has 1 aliphatic rings. The summed E-state index contributed by atoms with van der Waals surface area (Å²) in [7, 11) is 0. The van der Waals surface area contributed by atoms with Gasteiger partial charge in [0.25, 0.3) is 0 Å². The topological polar surface area (TPSA) is 49.5 Å². The summed E-state index contributed by atoms with van der Waals surface area (Å²) < 4.78 is 0. The van der Waals surface area contributed by atoms with E-state index in [4.69, 9.17) is 5.73 Å². The highest BCUT2D eigenvalue weighted by molar-refractivity contribution is 5.71. The van der Waals surface area contributed by atoms with Gasteiger partial charge in [-0.05, 0) is 31.4 Å². The van der Waals surface area contributed by atoms with Crippen molar-refractivity contribution in [2.24, 2.45) is 0 Å². The quantitative estimate of drug-likeness (QED) is 0.685. The Kier molecular flexibility index (Phi) is 2.82. The van der Waals surface area contributed by atoms with Crippen molar-refractivity contribution in [3.05, 3.63) is 23.8 Å². The van der Waals surface area contributed by atoms with Crippen LogP contribution in [0.25, 0.3) is 0 Å². The Bertz CT molecular complexity index is 351. The van der Waals surface area contributed by atoms with Crippen LogP contribution in [0.3, 0.4) is 0 Å². The van der Waals surface area contributed by atoms with Crippen LogP contribution in [-0.2, 0) is 0 Å². The highest BCUT2D eigenvalue weighted by atomic mass is 16.3. The Morgan fingerprint density at radius 2 is 2.27 bits per heavy atom. The normalized spacial score (nSPS) is 21.7. The van der Waals surface area contributed by atoms with Crippen LogP contribution in [0.15, 0.2) is 18.2 Å². The molecule has 15 heavy (non-hydrogen) atoms. The smallest absolute Gasteiger partial charge is 0.0715 e. The SMILES string of the molecule is Cc1cccc(N2CCCC(O)C2)c1N. The molecule has 0 amide bonds. The summed E-state index contributed by atoms with van der Waals surface area (Å²) in [5, 5.41) is 9.62. The molecule has 0 spiro atoms. The van der Waals surface area contributed by atoms with Gasteiger partial charge in [0.15, 0.2) is 0 Å². The Morgan fingerprint density at radius 1 is 1.47 bits per heavy atom. The van der Waals surface area contributed by atoms with E-state index in [1.165, 1.54) is 0 Å².